The van der Waals surface area contributed by atoms with Crippen LogP contribution in [0.15, 0.2) is 54.2 Å². The highest BCUT2D eigenvalue weighted by Gasteiger charge is 2.18. The molecule has 0 atom stereocenters. The van der Waals surface area contributed by atoms with Crippen molar-refractivity contribution >= 4 is 22.9 Å². The number of benzene rings is 2. The minimum absolute atomic E-state index is 0.0222. The van der Waals surface area contributed by atoms with Gasteiger partial charge < -0.3 is 10.1 Å². The molecule has 5 heteroatoms. The second kappa shape index (κ2) is 18.1. The second-order valence-electron chi connectivity index (χ2n) is 12.9. The fourth-order valence-corrected chi connectivity index (χ4v) is 5.92. The van der Waals surface area contributed by atoms with Gasteiger partial charge in [-0.2, -0.15) is 4.57 Å². The molecule has 0 fully saturated rings. The number of aromatic nitrogens is 1. The van der Waals surface area contributed by atoms with E-state index >= 15 is 0 Å². The van der Waals surface area contributed by atoms with Gasteiger partial charge in [0.05, 0.1) is 17.9 Å². The first kappa shape index (κ1) is 33.8. The number of hydrogen-bond donors (Lipinski definition) is 1. The molecule has 1 aromatic heterocycles. The minimum atomic E-state index is -0.0232. The van der Waals surface area contributed by atoms with E-state index in [0.29, 0.717) is 13.0 Å². The molecule has 42 heavy (non-hydrogen) atoms. The lowest BCUT2D eigenvalue weighted by atomic mass is 9.86. The molecule has 3 rings (SSSR count). The summed E-state index contributed by atoms with van der Waals surface area (Å²) in [5, 5.41) is 3.11. The zero-order chi connectivity index (χ0) is 30.2. The van der Waals surface area contributed by atoms with Gasteiger partial charge in [0.2, 0.25) is 11.4 Å². The van der Waals surface area contributed by atoms with Crippen molar-refractivity contribution in [2.24, 2.45) is 0 Å². The summed E-state index contributed by atoms with van der Waals surface area (Å²) in [4.78, 5) is 14.4. The number of rotatable bonds is 19. The van der Waals surface area contributed by atoms with Gasteiger partial charge in [-0.15, -0.1) is 0 Å². The number of unbranched alkanes of at least 4 members (excludes halogenated alkanes) is 11. The van der Waals surface area contributed by atoms with Gasteiger partial charge in [0.1, 0.15) is 5.75 Å². The molecule has 3 aromatic rings. The lowest BCUT2D eigenvalue weighted by molar-refractivity contribution is -0.683. The Morgan fingerprint density at radius 2 is 1.55 bits per heavy atom. The van der Waals surface area contributed by atoms with Gasteiger partial charge in [0.15, 0.2) is 12.7 Å². The topological polar surface area (TPSA) is 42.2 Å². The Balaban J connectivity index is 1.46. The van der Waals surface area contributed by atoms with Gasteiger partial charge >= 0.3 is 0 Å². The number of hydrogen-bond acceptors (Lipinski definition) is 3. The Morgan fingerprint density at radius 1 is 0.881 bits per heavy atom. The van der Waals surface area contributed by atoms with E-state index in [1.165, 1.54) is 81.1 Å². The fraction of sp³-hybridized carbons (Fsp3) is 0.568. The molecule has 1 amide bonds. The molecule has 0 saturated heterocycles. The molecule has 2 aromatic carbocycles. The number of nitrogens with zero attached hydrogens (tertiary/aromatic N) is 1. The number of ether oxygens (including phenoxy) is 1. The number of carbonyl (C=O) groups excluding carboxylic acids is 1. The summed E-state index contributed by atoms with van der Waals surface area (Å²) in [5.74, 6) is 0.823. The van der Waals surface area contributed by atoms with Crippen LogP contribution in [0.1, 0.15) is 126 Å². The van der Waals surface area contributed by atoms with Crippen LogP contribution in [0.3, 0.4) is 0 Å². The Labute approximate surface area is 259 Å². The molecule has 0 saturated carbocycles. The Morgan fingerprint density at radius 3 is 2.17 bits per heavy atom. The summed E-state index contributed by atoms with van der Waals surface area (Å²) in [6.07, 6.45) is 18.4. The number of aryl methyl sites for hydroxylation is 1. The van der Waals surface area contributed by atoms with Crippen LogP contribution in [-0.4, -0.2) is 12.5 Å². The molecule has 1 N–H and O–H groups in total. The van der Waals surface area contributed by atoms with E-state index in [1.54, 1.807) is 11.3 Å². The van der Waals surface area contributed by atoms with Crippen molar-refractivity contribution in [3.8, 4) is 5.75 Å². The van der Waals surface area contributed by atoms with Crippen molar-refractivity contribution in [2.45, 2.75) is 130 Å². The summed E-state index contributed by atoms with van der Waals surface area (Å²) in [6, 6.07) is 14.5. The molecule has 0 bridgehead atoms. The first-order valence-corrected chi connectivity index (χ1v) is 17.2. The first-order chi connectivity index (χ1) is 20.2. The maximum absolute atomic E-state index is 13.1. The van der Waals surface area contributed by atoms with Crippen LogP contribution in [0, 0.1) is 6.92 Å². The number of nitrogens with one attached hydrogen (secondary N) is 1. The molecule has 0 radical (unpaired) electrons. The largest absolute Gasteiger partial charge is 0.493 e. The average molecular weight is 592 g/mol. The van der Waals surface area contributed by atoms with E-state index in [2.05, 4.69) is 86.5 Å². The van der Waals surface area contributed by atoms with E-state index < -0.39 is 0 Å². The molecule has 0 unspecified atom stereocenters. The van der Waals surface area contributed by atoms with Crippen LogP contribution in [0.5, 0.6) is 5.75 Å². The van der Waals surface area contributed by atoms with Crippen molar-refractivity contribution in [3.05, 3.63) is 75.7 Å². The van der Waals surface area contributed by atoms with Crippen LogP contribution in [0.4, 0.5) is 5.69 Å². The normalized spacial score (nSPS) is 11.5. The molecule has 230 valence electrons. The molecule has 4 nitrogen and oxygen atoms in total. The lowest BCUT2D eigenvalue weighted by Gasteiger charge is -2.21. The third-order valence-electron chi connectivity index (χ3n) is 7.84. The van der Waals surface area contributed by atoms with Crippen molar-refractivity contribution in [1.82, 2.24) is 0 Å². The van der Waals surface area contributed by atoms with Gasteiger partial charge in [-0.05, 0) is 42.5 Å². The minimum Gasteiger partial charge on any atom is -0.493 e. The van der Waals surface area contributed by atoms with Gasteiger partial charge in [-0.3, -0.25) is 4.79 Å². The Hall–Kier alpha value is -2.66. The quantitative estimate of drug-likeness (QED) is 0.111. The maximum Gasteiger partial charge on any atom is 0.228 e. The second-order valence-corrected chi connectivity index (χ2v) is 14.0. The highest BCUT2D eigenvalue weighted by molar-refractivity contribution is 7.09. The van der Waals surface area contributed by atoms with Gasteiger partial charge in [0.25, 0.3) is 0 Å². The SMILES string of the molecule is CCCCCCCCCCCCCCOc1cc(C(C)(C)C)ccc1CC(=O)Nc1cccc(C[n+]2csc(C)c2)c1. The number of amides is 1. The Kier molecular flexibility index (Phi) is 14.6. The van der Waals surface area contributed by atoms with Gasteiger partial charge in [-0.25, -0.2) is 0 Å². The van der Waals surface area contributed by atoms with E-state index in [9.17, 15) is 4.79 Å². The van der Waals surface area contributed by atoms with Gasteiger partial charge in [0, 0.05) is 16.8 Å². The zero-order valence-electron chi connectivity index (χ0n) is 27.0. The van der Waals surface area contributed by atoms with Crippen LogP contribution < -0.4 is 14.6 Å². The summed E-state index contributed by atoms with van der Waals surface area (Å²) in [6.45, 7) is 12.5. The highest BCUT2D eigenvalue weighted by Crippen LogP contribution is 2.29. The summed E-state index contributed by atoms with van der Waals surface area (Å²) >= 11 is 1.74. The first-order valence-electron chi connectivity index (χ1n) is 16.3. The molecule has 0 aliphatic heterocycles. The molecule has 0 spiro atoms. The predicted molar refractivity (Wildman–Crippen MR) is 179 cm³/mol. The summed E-state index contributed by atoms with van der Waals surface area (Å²) < 4.78 is 8.50. The molecular formula is C37H55N2O2S+. The van der Waals surface area contributed by atoms with Gasteiger partial charge in [-0.1, -0.05) is 134 Å². The summed E-state index contributed by atoms with van der Waals surface area (Å²) in [7, 11) is 0. The number of thiazole rings is 1. The zero-order valence-corrected chi connectivity index (χ0v) is 27.8. The Bertz CT molecular complexity index is 1210. The maximum atomic E-state index is 13.1. The predicted octanol–water partition coefficient (Wildman–Crippen LogP) is 9.95. The van der Waals surface area contributed by atoms with E-state index in [4.69, 9.17) is 4.74 Å². The third-order valence-corrected chi connectivity index (χ3v) is 8.69. The summed E-state index contributed by atoms with van der Waals surface area (Å²) in [5.41, 5.74) is 6.31. The van der Waals surface area contributed by atoms with Crippen LogP contribution >= 0.6 is 11.3 Å². The van der Waals surface area contributed by atoms with E-state index in [1.807, 2.05) is 12.1 Å². The smallest absolute Gasteiger partial charge is 0.228 e. The average Bonchev–Trinajstić information content (AvgIpc) is 3.35. The van der Waals surface area contributed by atoms with Crippen molar-refractivity contribution in [1.29, 1.82) is 0 Å². The lowest BCUT2D eigenvalue weighted by Crippen LogP contribution is -2.30. The fourth-order valence-electron chi connectivity index (χ4n) is 5.29. The molecule has 1 heterocycles. The van der Waals surface area contributed by atoms with Crippen LogP contribution in [0.25, 0.3) is 0 Å². The van der Waals surface area contributed by atoms with Crippen LogP contribution in [-0.2, 0) is 23.2 Å². The highest BCUT2D eigenvalue weighted by atomic mass is 32.1. The van der Waals surface area contributed by atoms with Crippen molar-refractivity contribution < 1.29 is 14.1 Å². The van der Waals surface area contributed by atoms with E-state index in [0.717, 1.165) is 35.5 Å². The molecule has 0 aliphatic carbocycles. The van der Waals surface area contributed by atoms with Crippen molar-refractivity contribution in [2.75, 3.05) is 11.9 Å². The standard InChI is InChI=1S/C37H54N2O2S/c1-6-7-8-9-10-11-12-13-14-15-16-17-23-41-35-26-33(37(3,4)5)22-21-32(35)25-36(40)38-34-20-18-19-31(24-34)28-39-27-30(2)42-29-39/h18-22,24,26-27,29H,6-17,23,25,28H2,1-5H3/p+1. The van der Waals surface area contributed by atoms with Crippen LogP contribution in [0.2, 0.25) is 0 Å². The van der Waals surface area contributed by atoms with E-state index in [-0.39, 0.29) is 11.3 Å². The molecular weight excluding hydrogens is 536 g/mol. The number of carbonyl (C=O) groups is 1. The molecule has 0 aliphatic rings. The third kappa shape index (κ3) is 12.7. The monoisotopic (exact) mass is 591 g/mol. The number of anilines is 1. The van der Waals surface area contributed by atoms with Crippen molar-refractivity contribution in [3.63, 3.8) is 0 Å².